The maximum Gasteiger partial charge on any atom is 0.187 e. The molecule has 0 saturated carbocycles. The molecule has 3 nitrogen and oxygen atoms in total. The summed E-state index contributed by atoms with van der Waals surface area (Å²) in [6.45, 7) is 4.56. The third-order valence-corrected chi connectivity index (χ3v) is 2.98. The highest BCUT2D eigenvalue weighted by Crippen LogP contribution is 2.06. The summed E-state index contributed by atoms with van der Waals surface area (Å²) in [5, 5.41) is 3.21. The van der Waals surface area contributed by atoms with E-state index in [1.807, 2.05) is 56.4 Å². The number of nitrogens with zero attached hydrogens (tertiary/aromatic N) is 1. The standard InChI is InChI=1S/C17H18N2O/c1-13-5-7-16(8-6-13)17(20)10-14(2)19-12-15-4-3-9-18-11-15/h3-11,19H,12H2,1-2H3/b14-10+. The summed E-state index contributed by atoms with van der Waals surface area (Å²) >= 11 is 0. The molecule has 102 valence electrons. The van der Waals surface area contributed by atoms with E-state index < -0.39 is 0 Å². The highest BCUT2D eigenvalue weighted by atomic mass is 16.1. The number of hydrogen-bond donors (Lipinski definition) is 1. The minimum atomic E-state index is 0.0150. The van der Waals surface area contributed by atoms with Crippen LogP contribution in [0.2, 0.25) is 0 Å². The summed E-state index contributed by atoms with van der Waals surface area (Å²) in [6, 6.07) is 11.5. The van der Waals surface area contributed by atoms with Crippen molar-refractivity contribution in [1.29, 1.82) is 0 Å². The van der Waals surface area contributed by atoms with Gasteiger partial charge in [-0.3, -0.25) is 9.78 Å². The van der Waals surface area contributed by atoms with Gasteiger partial charge >= 0.3 is 0 Å². The van der Waals surface area contributed by atoms with Crippen LogP contribution in [-0.4, -0.2) is 10.8 Å². The first-order valence-corrected chi connectivity index (χ1v) is 6.57. The molecule has 1 aromatic carbocycles. The van der Waals surface area contributed by atoms with E-state index in [2.05, 4.69) is 10.3 Å². The summed E-state index contributed by atoms with van der Waals surface area (Å²) < 4.78 is 0. The van der Waals surface area contributed by atoms with Crippen molar-refractivity contribution in [3.05, 3.63) is 77.3 Å². The van der Waals surface area contributed by atoms with Crippen molar-refractivity contribution in [2.24, 2.45) is 0 Å². The SMILES string of the molecule is C/C(=C\C(=O)c1ccc(C)cc1)NCc1cccnc1. The normalized spacial score (nSPS) is 11.2. The van der Waals surface area contributed by atoms with Gasteiger partial charge in [-0.2, -0.15) is 0 Å². The summed E-state index contributed by atoms with van der Waals surface area (Å²) in [6.07, 6.45) is 5.18. The number of allylic oxidation sites excluding steroid dienone is 2. The lowest BCUT2D eigenvalue weighted by atomic mass is 10.1. The number of ketones is 1. The van der Waals surface area contributed by atoms with Gasteiger partial charge in [0, 0.05) is 36.3 Å². The van der Waals surface area contributed by atoms with E-state index >= 15 is 0 Å². The Morgan fingerprint density at radius 1 is 1.25 bits per heavy atom. The molecule has 0 aliphatic heterocycles. The first kappa shape index (κ1) is 14.0. The predicted molar refractivity (Wildman–Crippen MR) is 80.3 cm³/mol. The first-order chi connectivity index (χ1) is 9.65. The number of hydrogen-bond acceptors (Lipinski definition) is 3. The predicted octanol–water partition coefficient (Wildman–Crippen LogP) is 3.27. The van der Waals surface area contributed by atoms with Crippen LogP contribution in [0, 0.1) is 6.92 Å². The molecule has 0 aliphatic rings. The number of nitrogens with one attached hydrogen (secondary N) is 1. The van der Waals surface area contributed by atoms with Crippen molar-refractivity contribution in [3.63, 3.8) is 0 Å². The number of rotatable bonds is 5. The molecule has 3 heteroatoms. The van der Waals surface area contributed by atoms with E-state index in [1.54, 1.807) is 12.3 Å². The summed E-state index contributed by atoms with van der Waals surface area (Å²) in [7, 11) is 0. The molecule has 0 fully saturated rings. The molecular weight excluding hydrogens is 248 g/mol. The molecule has 1 heterocycles. The van der Waals surface area contributed by atoms with Crippen molar-refractivity contribution >= 4 is 5.78 Å². The van der Waals surface area contributed by atoms with Gasteiger partial charge in [0.2, 0.25) is 0 Å². The molecule has 2 aromatic rings. The van der Waals surface area contributed by atoms with Gasteiger partial charge in [-0.05, 0) is 25.5 Å². The number of pyridine rings is 1. The number of aryl methyl sites for hydroxylation is 1. The second-order valence-electron chi connectivity index (χ2n) is 4.77. The van der Waals surface area contributed by atoms with E-state index in [-0.39, 0.29) is 5.78 Å². The number of aromatic nitrogens is 1. The third kappa shape index (κ3) is 4.05. The highest BCUT2D eigenvalue weighted by Gasteiger charge is 2.02. The summed E-state index contributed by atoms with van der Waals surface area (Å²) in [5.41, 5.74) is 3.79. The van der Waals surface area contributed by atoms with Gasteiger partial charge in [-0.15, -0.1) is 0 Å². The molecule has 0 saturated heterocycles. The third-order valence-electron chi connectivity index (χ3n) is 2.98. The Hall–Kier alpha value is -2.42. The van der Waals surface area contributed by atoms with Crippen LogP contribution in [0.3, 0.4) is 0 Å². The molecule has 2 rings (SSSR count). The Morgan fingerprint density at radius 3 is 2.65 bits per heavy atom. The second kappa shape index (κ2) is 6.66. The monoisotopic (exact) mass is 266 g/mol. The average Bonchev–Trinajstić information content (AvgIpc) is 2.47. The number of carbonyl (C=O) groups is 1. The van der Waals surface area contributed by atoms with Crippen LogP contribution in [0.5, 0.6) is 0 Å². The molecular formula is C17H18N2O. The fourth-order valence-electron chi connectivity index (χ4n) is 1.79. The van der Waals surface area contributed by atoms with E-state index in [9.17, 15) is 4.79 Å². The fourth-order valence-corrected chi connectivity index (χ4v) is 1.79. The maximum absolute atomic E-state index is 12.0. The Bertz CT molecular complexity index is 601. The van der Waals surface area contributed by atoms with Gasteiger partial charge in [-0.25, -0.2) is 0 Å². The Labute approximate surface area is 119 Å². The Kier molecular flexibility index (Phi) is 4.66. The van der Waals surface area contributed by atoms with Gasteiger partial charge in [0.05, 0.1) is 0 Å². The highest BCUT2D eigenvalue weighted by molar-refractivity contribution is 6.04. The largest absolute Gasteiger partial charge is 0.384 e. The first-order valence-electron chi connectivity index (χ1n) is 6.57. The molecule has 0 atom stereocenters. The molecule has 0 amide bonds. The maximum atomic E-state index is 12.0. The molecule has 0 unspecified atom stereocenters. The minimum Gasteiger partial charge on any atom is -0.384 e. The zero-order valence-corrected chi connectivity index (χ0v) is 11.8. The van der Waals surface area contributed by atoms with Crippen LogP contribution in [0.1, 0.15) is 28.4 Å². The Balaban J connectivity index is 1.96. The molecule has 0 radical (unpaired) electrons. The molecule has 20 heavy (non-hydrogen) atoms. The van der Waals surface area contributed by atoms with Crippen LogP contribution in [-0.2, 0) is 6.54 Å². The van der Waals surface area contributed by atoms with Gasteiger partial charge < -0.3 is 5.32 Å². The number of benzene rings is 1. The number of carbonyl (C=O) groups excluding carboxylic acids is 1. The van der Waals surface area contributed by atoms with Crippen LogP contribution in [0.4, 0.5) is 0 Å². The molecule has 0 bridgehead atoms. The van der Waals surface area contributed by atoms with E-state index in [0.717, 1.165) is 16.8 Å². The minimum absolute atomic E-state index is 0.0150. The quantitative estimate of drug-likeness (QED) is 0.667. The molecule has 0 aliphatic carbocycles. The molecule has 0 spiro atoms. The van der Waals surface area contributed by atoms with Crippen LogP contribution in [0.25, 0.3) is 0 Å². The lowest BCUT2D eigenvalue weighted by Gasteiger charge is -2.06. The van der Waals surface area contributed by atoms with E-state index in [0.29, 0.717) is 12.1 Å². The smallest absolute Gasteiger partial charge is 0.187 e. The van der Waals surface area contributed by atoms with Crippen LogP contribution < -0.4 is 5.32 Å². The van der Waals surface area contributed by atoms with Crippen LogP contribution in [0.15, 0.2) is 60.6 Å². The summed E-state index contributed by atoms with van der Waals surface area (Å²) in [4.78, 5) is 16.1. The van der Waals surface area contributed by atoms with Crippen molar-refractivity contribution in [3.8, 4) is 0 Å². The fraction of sp³-hybridized carbons (Fsp3) is 0.176. The van der Waals surface area contributed by atoms with Crippen molar-refractivity contribution < 1.29 is 4.79 Å². The van der Waals surface area contributed by atoms with Crippen molar-refractivity contribution in [2.75, 3.05) is 0 Å². The van der Waals surface area contributed by atoms with Crippen molar-refractivity contribution in [2.45, 2.75) is 20.4 Å². The molecule has 1 aromatic heterocycles. The zero-order chi connectivity index (χ0) is 14.4. The van der Waals surface area contributed by atoms with E-state index in [4.69, 9.17) is 0 Å². The topological polar surface area (TPSA) is 42.0 Å². The van der Waals surface area contributed by atoms with Gasteiger partial charge in [-0.1, -0.05) is 35.9 Å². The Morgan fingerprint density at radius 2 is 2.00 bits per heavy atom. The van der Waals surface area contributed by atoms with Gasteiger partial charge in [0.1, 0.15) is 0 Å². The van der Waals surface area contributed by atoms with Gasteiger partial charge in [0.15, 0.2) is 5.78 Å². The van der Waals surface area contributed by atoms with Crippen LogP contribution >= 0.6 is 0 Å². The zero-order valence-electron chi connectivity index (χ0n) is 11.8. The lowest BCUT2D eigenvalue weighted by Crippen LogP contribution is -2.12. The van der Waals surface area contributed by atoms with Crippen molar-refractivity contribution in [1.82, 2.24) is 10.3 Å². The lowest BCUT2D eigenvalue weighted by molar-refractivity contribution is 0.104. The molecule has 1 N–H and O–H groups in total. The van der Waals surface area contributed by atoms with Gasteiger partial charge in [0.25, 0.3) is 0 Å². The summed E-state index contributed by atoms with van der Waals surface area (Å²) in [5.74, 6) is 0.0150. The van der Waals surface area contributed by atoms with E-state index in [1.165, 1.54) is 0 Å². The second-order valence-corrected chi connectivity index (χ2v) is 4.77. The average molecular weight is 266 g/mol.